The third-order valence-electron chi connectivity index (χ3n) is 4.11. The van der Waals surface area contributed by atoms with Crippen molar-refractivity contribution in [3.05, 3.63) is 46.6 Å². The Balaban J connectivity index is 4.80. The Bertz CT molecular complexity index is 551. The molecule has 0 aromatic heterocycles. The van der Waals surface area contributed by atoms with Gasteiger partial charge in [-0.2, -0.15) is 0 Å². The van der Waals surface area contributed by atoms with Gasteiger partial charge in [-0.15, -0.1) is 0 Å². The number of aliphatic hydroxyl groups excluding tert-OH is 3. The fourth-order valence-electron chi connectivity index (χ4n) is 2.43. The van der Waals surface area contributed by atoms with Crippen LogP contribution >= 0.6 is 0 Å². The quantitative estimate of drug-likeness (QED) is 0.336. The first-order valence-corrected chi connectivity index (χ1v) is 9.49. The lowest BCUT2D eigenvalue weighted by molar-refractivity contribution is -0.140. The van der Waals surface area contributed by atoms with Crippen molar-refractivity contribution in [1.82, 2.24) is 0 Å². The predicted molar refractivity (Wildman–Crippen MR) is 109 cm³/mol. The topological polar surface area (TPSA) is 87.0 Å². The standard InChI is InChI=1S/C22H36O5/c1-17(2)11-12-22(26)21(16-27-19(4)25)10-6-9-20(15-24)8-5-7-18(3)13-14-23/h8,10-11,13,22-24,26H,5-7,9,12,14-16H2,1-4H3. The lowest BCUT2D eigenvalue weighted by Gasteiger charge is -2.14. The zero-order chi connectivity index (χ0) is 20.7. The first-order valence-electron chi connectivity index (χ1n) is 9.49. The monoisotopic (exact) mass is 380 g/mol. The van der Waals surface area contributed by atoms with E-state index in [-0.39, 0.29) is 25.8 Å². The largest absolute Gasteiger partial charge is 0.461 e. The molecule has 1 unspecified atom stereocenters. The summed E-state index contributed by atoms with van der Waals surface area (Å²) in [5, 5.41) is 28.7. The molecule has 3 N–H and O–H groups in total. The Kier molecular flexibility index (Phi) is 14.4. The normalized spacial score (nSPS) is 14.1. The molecule has 0 aliphatic rings. The minimum atomic E-state index is -0.688. The molecule has 1 atom stereocenters. The maximum atomic E-state index is 11.1. The molecule has 0 spiro atoms. The third-order valence-corrected chi connectivity index (χ3v) is 4.11. The van der Waals surface area contributed by atoms with Crippen LogP contribution in [0.15, 0.2) is 46.6 Å². The van der Waals surface area contributed by atoms with Crippen molar-refractivity contribution in [1.29, 1.82) is 0 Å². The van der Waals surface area contributed by atoms with Crippen LogP contribution in [0.4, 0.5) is 0 Å². The van der Waals surface area contributed by atoms with Gasteiger partial charge in [-0.1, -0.05) is 35.5 Å². The average molecular weight is 381 g/mol. The van der Waals surface area contributed by atoms with E-state index in [0.717, 1.165) is 29.6 Å². The van der Waals surface area contributed by atoms with Crippen LogP contribution in [0.5, 0.6) is 0 Å². The van der Waals surface area contributed by atoms with E-state index in [9.17, 15) is 15.0 Å². The number of carbonyl (C=O) groups excluding carboxylic acids is 1. The number of ether oxygens (including phenoxy) is 1. The van der Waals surface area contributed by atoms with Crippen molar-refractivity contribution in [2.45, 2.75) is 65.9 Å². The highest BCUT2D eigenvalue weighted by Gasteiger charge is 2.11. The summed E-state index contributed by atoms with van der Waals surface area (Å²) in [4.78, 5) is 11.1. The smallest absolute Gasteiger partial charge is 0.302 e. The first-order chi connectivity index (χ1) is 12.8. The van der Waals surface area contributed by atoms with Crippen LogP contribution in [0, 0.1) is 0 Å². The summed E-state index contributed by atoms with van der Waals surface area (Å²) in [6.07, 6.45) is 10.4. The van der Waals surface area contributed by atoms with Gasteiger partial charge in [0, 0.05) is 6.92 Å². The molecule has 0 aromatic carbocycles. The van der Waals surface area contributed by atoms with E-state index in [4.69, 9.17) is 9.84 Å². The van der Waals surface area contributed by atoms with Gasteiger partial charge in [0.05, 0.1) is 19.3 Å². The molecule has 27 heavy (non-hydrogen) atoms. The van der Waals surface area contributed by atoms with Crippen LogP contribution in [0.2, 0.25) is 0 Å². The molecule has 0 aliphatic heterocycles. The van der Waals surface area contributed by atoms with Crippen LogP contribution < -0.4 is 0 Å². The molecule has 0 fully saturated rings. The number of hydrogen-bond donors (Lipinski definition) is 3. The molecule has 0 radical (unpaired) electrons. The minimum absolute atomic E-state index is 0.00377. The molecular formula is C22H36O5. The Morgan fingerprint density at radius 2 is 1.63 bits per heavy atom. The Morgan fingerprint density at radius 1 is 0.963 bits per heavy atom. The summed E-state index contributed by atoms with van der Waals surface area (Å²) < 4.78 is 5.05. The van der Waals surface area contributed by atoms with Gasteiger partial charge in [0.1, 0.15) is 6.61 Å². The molecule has 0 aromatic rings. The van der Waals surface area contributed by atoms with Crippen molar-refractivity contribution < 1.29 is 24.9 Å². The predicted octanol–water partition coefficient (Wildman–Crippen LogP) is 3.61. The molecule has 0 bridgehead atoms. The molecule has 5 nitrogen and oxygen atoms in total. The van der Waals surface area contributed by atoms with Crippen molar-refractivity contribution >= 4 is 5.97 Å². The zero-order valence-corrected chi connectivity index (χ0v) is 17.2. The summed E-state index contributed by atoms with van der Waals surface area (Å²) in [6, 6.07) is 0. The highest BCUT2D eigenvalue weighted by atomic mass is 16.5. The highest BCUT2D eigenvalue weighted by Crippen LogP contribution is 2.15. The van der Waals surface area contributed by atoms with Gasteiger partial charge in [0.15, 0.2) is 0 Å². The molecule has 0 rings (SSSR count). The highest BCUT2D eigenvalue weighted by molar-refractivity contribution is 5.66. The summed E-state index contributed by atoms with van der Waals surface area (Å²) in [5.41, 5.74) is 3.87. The number of aliphatic hydroxyl groups is 3. The fraction of sp³-hybridized carbons (Fsp3) is 0.591. The number of esters is 1. The average Bonchev–Trinajstić information content (AvgIpc) is 2.60. The summed E-state index contributed by atoms with van der Waals surface area (Å²) in [5.74, 6) is -0.377. The molecule has 5 heteroatoms. The van der Waals surface area contributed by atoms with E-state index in [2.05, 4.69) is 0 Å². The van der Waals surface area contributed by atoms with E-state index in [0.29, 0.717) is 24.8 Å². The van der Waals surface area contributed by atoms with E-state index < -0.39 is 6.10 Å². The molecule has 0 saturated carbocycles. The van der Waals surface area contributed by atoms with Crippen LogP contribution in [-0.2, 0) is 9.53 Å². The van der Waals surface area contributed by atoms with Crippen LogP contribution in [0.3, 0.4) is 0 Å². The molecule has 0 heterocycles. The molecule has 0 amide bonds. The lowest BCUT2D eigenvalue weighted by Crippen LogP contribution is -2.16. The zero-order valence-electron chi connectivity index (χ0n) is 17.2. The Labute approximate surface area is 163 Å². The SMILES string of the molecule is CC(=O)OCC(=CCCC(=CCCC(C)=CCO)CO)C(O)CC=C(C)C. The summed E-state index contributed by atoms with van der Waals surface area (Å²) in [7, 11) is 0. The Hall–Kier alpha value is -1.69. The van der Waals surface area contributed by atoms with Gasteiger partial charge in [-0.25, -0.2) is 0 Å². The molecule has 154 valence electrons. The van der Waals surface area contributed by atoms with E-state index >= 15 is 0 Å². The van der Waals surface area contributed by atoms with Crippen LogP contribution in [0.25, 0.3) is 0 Å². The van der Waals surface area contributed by atoms with Gasteiger partial charge < -0.3 is 20.1 Å². The van der Waals surface area contributed by atoms with Gasteiger partial charge >= 0.3 is 5.97 Å². The minimum Gasteiger partial charge on any atom is -0.461 e. The Morgan fingerprint density at radius 3 is 2.19 bits per heavy atom. The molecule has 0 aliphatic carbocycles. The third kappa shape index (κ3) is 14.1. The molecular weight excluding hydrogens is 344 g/mol. The van der Waals surface area contributed by atoms with Gasteiger partial charge in [0.25, 0.3) is 0 Å². The van der Waals surface area contributed by atoms with E-state index in [1.54, 1.807) is 6.08 Å². The number of hydrogen-bond acceptors (Lipinski definition) is 5. The van der Waals surface area contributed by atoms with Crippen LogP contribution in [0.1, 0.15) is 59.8 Å². The molecule has 0 saturated heterocycles. The van der Waals surface area contributed by atoms with Crippen molar-refractivity contribution in [2.75, 3.05) is 19.8 Å². The van der Waals surface area contributed by atoms with Crippen molar-refractivity contribution in [3.63, 3.8) is 0 Å². The fourth-order valence-corrected chi connectivity index (χ4v) is 2.43. The van der Waals surface area contributed by atoms with E-state index in [1.165, 1.54) is 6.92 Å². The maximum absolute atomic E-state index is 11.1. The maximum Gasteiger partial charge on any atom is 0.302 e. The number of rotatable bonds is 13. The summed E-state index contributed by atoms with van der Waals surface area (Å²) in [6.45, 7) is 7.39. The lowest BCUT2D eigenvalue weighted by atomic mass is 10.0. The number of allylic oxidation sites excluding steroid dienone is 4. The second-order valence-corrected chi connectivity index (χ2v) is 6.92. The first kappa shape index (κ1) is 25.3. The van der Waals surface area contributed by atoms with Gasteiger partial charge in [-0.3, -0.25) is 4.79 Å². The number of carbonyl (C=O) groups is 1. The van der Waals surface area contributed by atoms with Gasteiger partial charge in [0.2, 0.25) is 0 Å². The van der Waals surface area contributed by atoms with Crippen LogP contribution in [-0.4, -0.2) is 47.2 Å². The van der Waals surface area contributed by atoms with E-state index in [1.807, 2.05) is 39.0 Å². The van der Waals surface area contributed by atoms with Crippen molar-refractivity contribution in [3.8, 4) is 0 Å². The van der Waals surface area contributed by atoms with Gasteiger partial charge in [-0.05, 0) is 64.0 Å². The second kappa shape index (κ2) is 15.4. The van der Waals surface area contributed by atoms with Crippen molar-refractivity contribution in [2.24, 2.45) is 0 Å². The summed E-state index contributed by atoms with van der Waals surface area (Å²) >= 11 is 0. The second-order valence-electron chi connectivity index (χ2n) is 6.92.